The molecule has 0 atom stereocenters. The highest BCUT2D eigenvalue weighted by atomic mass is 35.6. The summed E-state index contributed by atoms with van der Waals surface area (Å²) >= 11 is 17.4. The van der Waals surface area contributed by atoms with Gasteiger partial charge >= 0.3 is 0 Å². The summed E-state index contributed by atoms with van der Waals surface area (Å²) in [5, 5.41) is 2.30. The Morgan fingerprint density at radius 2 is 1.79 bits per heavy atom. The summed E-state index contributed by atoms with van der Waals surface area (Å²) in [5.74, 6) is -1.07. The molecular formula is C22H15Cl3FNO2. The molecule has 29 heavy (non-hydrogen) atoms. The zero-order valence-electron chi connectivity index (χ0n) is 15.3. The molecule has 0 saturated carbocycles. The molecule has 0 saturated heterocycles. The molecule has 0 aliphatic rings. The van der Waals surface area contributed by atoms with Crippen LogP contribution in [0.5, 0.6) is 5.75 Å². The Kier molecular flexibility index (Phi) is 5.19. The van der Waals surface area contributed by atoms with Gasteiger partial charge in [0.2, 0.25) is 5.78 Å². The average molecular weight is 451 g/mol. The first-order valence-electron chi connectivity index (χ1n) is 8.73. The number of ether oxygens (including phenoxy) is 1. The first-order valence-corrected chi connectivity index (χ1v) is 9.87. The number of halogens is 4. The van der Waals surface area contributed by atoms with E-state index in [-0.39, 0.29) is 10.9 Å². The Bertz CT molecular complexity index is 1240. The van der Waals surface area contributed by atoms with Crippen LogP contribution in [-0.4, -0.2) is 21.3 Å². The van der Waals surface area contributed by atoms with Gasteiger partial charge in [-0.15, -0.1) is 0 Å². The van der Waals surface area contributed by atoms with E-state index < -0.39 is 15.4 Å². The highest BCUT2D eigenvalue weighted by molar-refractivity contribution is 6.77. The van der Waals surface area contributed by atoms with E-state index in [9.17, 15) is 9.18 Å². The summed E-state index contributed by atoms with van der Waals surface area (Å²) in [6, 6.07) is 16.9. The van der Waals surface area contributed by atoms with Crippen molar-refractivity contribution in [3.05, 3.63) is 77.7 Å². The summed E-state index contributed by atoms with van der Waals surface area (Å²) < 4.78 is 19.6. The second kappa shape index (κ2) is 7.52. The number of benzene rings is 3. The van der Waals surface area contributed by atoms with Crippen LogP contribution in [0.15, 0.2) is 60.8 Å². The van der Waals surface area contributed by atoms with Gasteiger partial charge in [0.25, 0.3) is 3.79 Å². The van der Waals surface area contributed by atoms with E-state index in [1.165, 1.54) is 19.4 Å². The van der Waals surface area contributed by atoms with Crippen LogP contribution >= 0.6 is 34.8 Å². The van der Waals surface area contributed by atoms with Crippen LogP contribution in [0.2, 0.25) is 0 Å². The molecule has 4 aromatic rings. The maximum Gasteiger partial charge on any atom is 0.253 e. The smallest absolute Gasteiger partial charge is 0.253 e. The molecule has 0 amide bonds. The number of alkyl halides is 3. The number of carbonyl (C=O) groups excluding carboxylic acids is 1. The Morgan fingerprint density at radius 3 is 2.48 bits per heavy atom. The van der Waals surface area contributed by atoms with E-state index >= 15 is 0 Å². The molecule has 0 N–H and O–H groups in total. The van der Waals surface area contributed by atoms with Crippen LogP contribution in [0.4, 0.5) is 4.39 Å². The third kappa shape index (κ3) is 3.80. The minimum Gasteiger partial charge on any atom is -0.497 e. The third-order valence-electron chi connectivity index (χ3n) is 4.81. The number of hydrogen-bond acceptors (Lipinski definition) is 2. The van der Waals surface area contributed by atoms with Crippen molar-refractivity contribution in [1.29, 1.82) is 0 Å². The van der Waals surface area contributed by atoms with Crippen LogP contribution in [0.1, 0.15) is 15.9 Å². The molecule has 0 spiro atoms. The minimum atomic E-state index is -2.19. The fourth-order valence-electron chi connectivity index (χ4n) is 3.46. The molecule has 4 rings (SSSR count). The molecule has 0 radical (unpaired) electrons. The normalized spacial score (nSPS) is 11.9. The van der Waals surface area contributed by atoms with E-state index in [4.69, 9.17) is 39.5 Å². The van der Waals surface area contributed by atoms with Crippen molar-refractivity contribution in [3.63, 3.8) is 0 Å². The zero-order chi connectivity index (χ0) is 20.8. The lowest BCUT2D eigenvalue weighted by Gasteiger charge is -2.09. The van der Waals surface area contributed by atoms with Crippen molar-refractivity contribution in [1.82, 2.24) is 4.57 Å². The van der Waals surface area contributed by atoms with Gasteiger partial charge in [-0.2, -0.15) is 0 Å². The Hall–Kier alpha value is -2.27. The molecule has 0 aliphatic heterocycles. The number of nitrogens with zero attached hydrogens (tertiary/aromatic N) is 1. The molecule has 1 aromatic heterocycles. The number of ketones is 1. The minimum absolute atomic E-state index is 0.0148. The van der Waals surface area contributed by atoms with Crippen LogP contribution < -0.4 is 4.74 Å². The lowest BCUT2D eigenvalue weighted by molar-refractivity contribution is 0.0997. The first kappa shape index (κ1) is 20.0. The predicted molar refractivity (Wildman–Crippen MR) is 116 cm³/mol. The fraction of sp³-hybridized carbons (Fsp3) is 0.136. The fourth-order valence-corrected chi connectivity index (χ4v) is 3.76. The van der Waals surface area contributed by atoms with Gasteiger partial charge in [0.15, 0.2) is 0 Å². The van der Waals surface area contributed by atoms with E-state index in [0.29, 0.717) is 17.8 Å². The molecule has 3 nitrogen and oxygen atoms in total. The molecule has 0 unspecified atom stereocenters. The standard InChI is InChI=1S/C22H15Cl3FNO2/c1-29-16-9-18(26)20-17(21(28)22(23,24)25)12-27(19(20)10-16)11-13-6-7-14-4-2-3-5-15(14)8-13/h2-10,12H,11H2,1H3. The van der Waals surface area contributed by atoms with Crippen LogP contribution in [-0.2, 0) is 6.54 Å². The van der Waals surface area contributed by atoms with Gasteiger partial charge in [-0.25, -0.2) is 4.39 Å². The van der Waals surface area contributed by atoms with Crippen molar-refractivity contribution >= 4 is 62.3 Å². The summed E-state index contributed by atoms with van der Waals surface area (Å²) in [4.78, 5) is 12.6. The number of aromatic nitrogens is 1. The maximum absolute atomic E-state index is 14.8. The SMILES string of the molecule is COc1cc(F)c2c(C(=O)C(Cl)(Cl)Cl)cn(Cc3ccc4ccccc4c3)c2c1. The molecule has 148 valence electrons. The monoisotopic (exact) mass is 449 g/mol. The molecular weight excluding hydrogens is 436 g/mol. The van der Waals surface area contributed by atoms with Gasteiger partial charge in [-0.1, -0.05) is 71.2 Å². The maximum atomic E-state index is 14.8. The summed E-state index contributed by atoms with van der Waals surface area (Å²) in [6.07, 6.45) is 1.52. The number of Topliss-reactive ketones (excluding diaryl/α,β-unsaturated/α-hetero) is 1. The van der Waals surface area contributed by atoms with Gasteiger partial charge in [-0.05, 0) is 22.4 Å². The van der Waals surface area contributed by atoms with Gasteiger partial charge in [-0.3, -0.25) is 4.79 Å². The van der Waals surface area contributed by atoms with Gasteiger partial charge < -0.3 is 9.30 Å². The third-order valence-corrected chi connectivity index (χ3v) is 5.33. The summed E-state index contributed by atoms with van der Waals surface area (Å²) in [6.45, 7) is 0.404. The lowest BCUT2D eigenvalue weighted by Crippen LogP contribution is -2.18. The average Bonchev–Trinajstić information content (AvgIpc) is 3.05. The van der Waals surface area contributed by atoms with Crippen molar-refractivity contribution < 1.29 is 13.9 Å². The molecule has 0 fully saturated rings. The molecule has 0 bridgehead atoms. The van der Waals surface area contributed by atoms with Gasteiger partial charge in [0.1, 0.15) is 11.6 Å². The van der Waals surface area contributed by atoms with E-state index in [2.05, 4.69) is 0 Å². The molecule has 3 aromatic carbocycles. The number of methoxy groups -OCH3 is 1. The number of hydrogen-bond donors (Lipinski definition) is 0. The van der Waals surface area contributed by atoms with Crippen molar-refractivity contribution in [2.24, 2.45) is 0 Å². The topological polar surface area (TPSA) is 31.2 Å². The van der Waals surface area contributed by atoms with E-state index in [1.807, 2.05) is 42.5 Å². The first-order chi connectivity index (χ1) is 13.8. The zero-order valence-corrected chi connectivity index (χ0v) is 17.5. The van der Waals surface area contributed by atoms with Crippen LogP contribution in [0.25, 0.3) is 21.7 Å². The number of fused-ring (bicyclic) bond motifs is 2. The second-order valence-corrected chi connectivity index (χ2v) is 8.96. The Labute approximate surface area is 181 Å². The van der Waals surface area contributed by atoms with Crippen molar-refractivity contribution in [2.45, 2.75) is 10.3 Å². The summed E-state index contributed by atoms with van der Waals surface area (Å²) in [7, 11) is 1.45. The van der Waals surface area contributed by atoms with Gasteiger partial charge in [0, 0.05) is 30.3 Å². The lowest BCUT2D eigenvalue weighted by atomic mass is 10.1. The van der Waals surface area contributed by atoms with Crippen molar-refractivity contribution in [2.75, 3.05) is 7.11 Å². The summed E-state index contributed by atoms with van der Waals surface area (Å²) in [5.41, 5.74) is 1.48. The quantitative estimate of drug-likeness (QED) is 0.261. The molecule has 0 aliphatic carbocycles. The highest BCUT2D eigenvalue weighted by Crippen LogP contribution is 2.36. The second-order valence-electron chi connectivity index (χ2n) is 6.68. The van der Waals surface area contributed by atoms with E-state index in [1.54, 1.807) is 10.6 Å². The van der Waals surface area contributed by atoms with Gasteiger partial charge in [0.05, 0.1) is 18.2 Å². The molecule has 1 heterocycles. The van der Waals surface area contributed by atoms with E-state index in [0.717, 1.165) is 16.3 Å². The van der Waals surface area contributed by atoms with Crippen LogP contribution in [0, 0.1) is 5.82 Å². The highest BCUT2D eigenvalue weighted by Gasteiger charge is 2.34. The largest absolute Gasteiger partial charge is 0.497 e. The number of carbonyl (C=O) groups is 1. The Morgan fingerprint density at radius 1 is 1.07 bits per heavy atom. The predicted octanol–water partition coefficient (Wildman–Crippen LogP) is 6.54. The number of rotatable bonds is 4. The Balaban J connectivity index is 1.88. The molecule has 7 heteroatoms. The van der Waals surface area contributed by atoms with Crippen LogP contribution in [0.3, 0.4) is 0 Å². The van der Waals surface area contributed by atoms with Crippen molar-refractivity contribution in [3.8, 4) is 5.75 Å².